The van der Waals surface area contributed by atoms with E-state index in [-0.39, 0.29) is 0 Å². The largest absolute Gasteiger partial charge is 0.497 e. The second kappa shape index (κ2) is 5.67. The van der Waals surface area contributed by atoms with Gasteiger partial charge in [-0.15, -0.1) is 0 Å². The molecule has 108 valence electrons. The molecule has 0 aliphatic rings. The lowest BCUT2D eigenvalue weighted by Gasteiger charge is -2.06. The quantitative estimate of drug-likeness (QED) is 0.693. The first-order valence-electron chi connectivity index (χ1n) is 6.26. The summed E-state index contributed by atoms with van der Waals surface area (Å²) in [5.41, 5.74) is 1.51. The van der Waals surface area contributed by atoms with E-state index >= 15 is 0 Å². The highest BCUT2D eigenvalue weighted by molar-refractivity contribution is 6.33. The number of rotatable bonds is 4. The molecule has 2 heterocycles. The number of halogens is 1. The molecule has 7 heteroatoms. The second-order valence-electron chi connectivity index (χ2n) is 4.36. The zero-order valence-electron chi connectivity index (χ0n) is 11.6. The maximum absolute atomic E-state index is 6.17. The fourth-order valence-electron chi connectivity index (χ4n) is 2.02. The molecule has 0 saturated carbocycles. The van der Waals surface area contributed by atoms with Crippen LogP contribution in [0.1, 0.15) is 5.82 Å². The van der Waals surface area contributed by atoms with Gasteiger partial charge in [0.05, 0.1) is 24.4 Å². The molecule has 0 unspecified atom stereocenters. The Balaban J connectivity index is 2.13. The molecule has 0 fully saturated rings. The predicted octanol–water partition coefficient (Wildman–Crippen LogP) is 2.62. The first-order valence-corrected chi connectivity index (χ1v) is 6.64. The van der Waals surface area contributed by atoms with Gasteiger partial charge in [0.25, 0.3) is 0 Å². The molecule has 0 bridgehead atoms. The molecule has 6 nitrogen and oxygen atoms in total. The predicted molar refractivity (Wildman–Crippen MR) is 78.9 cm³/mol. The molecular formula is C14H13ClN4O2. The van der Waals surface area contributed by atoms with Crippen LogP contribution >= 0.6 is 11.6 Å². The van der Waals surface area contributed by atoms with Crippen LogP contribution in [-0.4, -0.2) is 34.0 Å². The SMILES string of the molecule is COCc1nc(Cl)c2cnn(-c3ccc(OC)cc3)c2n1. The van der Waals surface area contributed by atoms with Gasteiger partial charge < -0.3 is 9.47 Å². The summed E-state index contributed by atoms with van der Waals surface area (Å²) in [5.74, 6) is 1.30. The van der Waals surface area contributed by atoms with Gasteiger partial charge in [-0.25, -0.2) is 14.6 Å². The van der Waals surface area contributed by atoms with Crippen molar-refractivity contribution < 1.29 is 9.47 Å². The van der Waals surface area contributed by atoms with E-state index in [0.717, 1.165) is 11.4 Å². The van der Waals surface area contributed by atoms with Crippen LogP contribution in [-0.2, 0) is 11.3 Å². The number of fused-ring (bicyclic) bond motifs is 1. The lowest BCUT2D eigenvalue weighted by molar-refractivity contribution is 0.178. The Morgan fingerprint density at radius 3 is 2.57 bits per heavy atom. The van der Waals surface area contributed by atoms with Crippen LogP contribution < -0.4 is 4.74 Å². The minimum Gasteiger partial charge on any atom is -0.497 e. The van der Waals surface area contributed by atoms with Crippen LogP contribution in [0.5, 0.6) is 5.75 Å². The van der Waals surface area contributed by atoms with Crippen molar-refractivity contribution in [2.24, 2.45) is 0 Å². The molecule has 0 N–H and O–H groups in total. The lowest BCUT2D eigenvalue weighted by Crippen LogP contribution is -2.02. The molecule has 21 heavy (non-hydrogen) atoms. The lowest BCUT2D eigenvalue weighted by atomic mass is 10.3. The summed E-state index contributed by atoms with van der Waals surface area (Å²) in [7, 11) is 3.21. The maximum Gasteiger partial charge on any atom is 0.168 e. The molecule has 0 aliphatic carbocycles. The summed E-state index contributed by atoms with van der Waals surface area (Å²) in [4.78, 5) is 8.63. The van der Waals surface area contributed by atoms with E-state index in [1.54, 1.807) is 25.1 Å². The van der Waals surface area contributed by atoms with Gasteiger partial charge in [0.1, 0.15) is 17.5 Å². The van der Waals surface area contributed by atoms with Crippen LogP contribution in [0.25, 0.3) is 16.7 Å². The summed E-state index contributed by atoms with van der Waals surface area (Å²) in [5, 5.41) is 5.40. The van der Waals surface area contributed by atoms with Crippen molar-refractivity contribution >= 4 is 22.6 Å². The number of hydrogen-bond acceptors (Lipinski definition) is 5. The van der Waals surface area contributed by atoms with Gasteiger partial charge in [-0.3, -0.25) is 0 Å². The van der Waals surface area contributed by atoms with Crippen LogP contribution in [0.15, 0.2) is 30.5 Å². The van der Waals surface area contributed by atoms with Crippen molar-refractivity contribution in [1.29, 1.82) is 0 Å². The molecule has 2 aromatic heterocycles. The van der Waals surface area contributed by atoms with E-state index < -0.39 is 0 Å². The van der Waals surface area contributed by atoms with Gasteiger partial charge in [0.15, 0.2) is 11.5 Å². The summed E-state index contributed by atoms with van der Waals surface area (Å²) < 4.78 is 11.9. The van der Waals surface area contributed by atoms with E-state index in [1.807, 2.05) is 24.3 Å². The highest BCUT2D eigenvalue weighted by atomic mass is 35.5. The molecule has 3 rings (SSSR count). The third-order valence-electron chi connectivity index (χ3n) is 3.02. The van der Waals surface area contributed by atoms with Gasteiger partial charge >= 0.3 is 0 Å². The van der Waals surface area contributed by atoms with Gasteiger partial charge in [-0.1, -0.05) is 11.6 Å². The van der Waals surface area contributed by atoms with Crippen molar-refractivity contribution in [2.75, 3.05) is 14.2 Å². The van der Waals surface area contributed by atoms with Crippen LogP contribution in [0, 0.1) is 0 Å². The van der Waals surface area contributed by atoms with Crippen LogP contribution in [0.4, 0.5) is 0 Å². The molecule has 1 aromatic carbocycles. The Morgan fingerprint density at radius 2 is 1.90 bits per heavy atom. The minimum atomic E-state index is 0.295. The topological polar surface area (TPSA) is 62.1 Å². The van der Waals surface area contributed by atoms with Crippen molar-refractivity contribution in [3.8, 4) is 11.4 Å². The zero-order chi connectivity index (χ0) is 14.8. The van der Waals surface area contributed by atoms with Crippen molar-refractivity contribution in [3.63, 3.8) is 0 Å². The monoisotopic (exact) mass is 304 g/mol. The average Bonchev–Trinajstić information content (AvgIpc) is 2.92. The normalized spacial score (nSPS) is 11.0. The Hall–Kier alpha value is -2.18. The summed E-state index contributed by atoms with van der Waals surface area (Å²) in [6, 6.07) is 7.53. The van der Waals surface area contributed by atoms with Crippen molar-refractivity contribution in [2.45, 2.75) is 6.61 Å². The van der Waals surface area contributed by atoms with Crippen molar-refractivity contribution in [3.05, 3.63) is 41.4 Å². The number of benzene rings is 1. The molecule has 3 aromatic rings. The van der Waals surface area contributed by atoms with E-state index in [4.69, 9.17) is 21.1 Å². The number of methoxy groups -OCH3 is 2. The fourth-order valence-corrected chi connectivity index (χ4v) is 2.25. The Kier molecular flexibility index (Phi) is 3.72. The van der Waals surface area contributed by atoms with E-state index in [0.29, 0.717) is 28.6 Å². The highest BCUT2D eigenvalue weighted by Gasteiger charge is 2.12. The Morgan fingerprint density at radius 1 is 1.14 bits per heavy atom. The molecule has 0 radical (unpaired) electrons. The van der Waals surface area contributed by atoms with Crippen LogP contribution in [0.3, 0.4) is 0 Å². The summed E-state index contributed by atoms with van der Waals surface area (Å²) in [6.45, 7) is 0.295. The number of hydrogen-bond donors (Lipinski definition) is 0. The van der Waals surface area contributed by atoms with Gasteiger partial charge in [0, 0.05) is 7.11 Å². The average molecular weight is 305 g/mol. The van der Waals surface area contributed by atoms with E-state index in [9.17, 15) is 0 Å². The molecule has 0 spiro atoms. The first kappa shape index (κ1) is 13.8. The number of nitrogens with zero attached hydrogens (tertiary/aromatic N) is 4. The van der Waals surface area contributed by atoms with Gasteiger partial charge in [-0.05, 0) is 24.3 Å². The minimum absolute atomic E-state index is 0.295. The third kappa shape index (κ3) is 2.55. The molecule has 0 amide bonds. The second-order valence-corrected chi connectivity index (χ2v) is 4.71. The number of ether oxygens (including phenoxy) is 2. The van der Waals surface area contributed by atoms with E-state index in [2.05, 4.69) is 15.1 Å². The zero-order valence-corrected chi connectivity index (χ0v) is 12.3. The fraction of sp³-hybridized carbons (Fsp3) is 0.214. The van der Waals surface area contributed by atoms with Crippen LogP contribution in [0.2, 0.25) is 5.15 Å². The Bertz CT molecular complexity index is 770. The van der Waals surface area contributed by atoms with E-state index in [1.165, 1.54) is 0 Å². The number of aromatic nitrogens is 4. The first-order chi connectivity index (χ1) is 10.2. The Labute approximate surface area is 126 Å². The standard InChI is InChI=1S/C14H13ClN4O2/c1-20-8-12-17-13(15)11-7-16-19(14(11)18-12)9-3-5-10(21-2)6-4-9/h3-7H,8H2,1-2H3. The molecule has 0 aliphatic heterocycles. The molecular weight excluding hydrogens is 292 g/mol. The highest BCUT2D eigenvalue weighted by Crippen LogP contribution is 2.23. The molecule has 0 atom stereocenters. The van der Waals surface area contributed by atoms with Gasteiger partial charge in [0.2, 0.25) is 0 Å². The van der Waals surface area contributed by atoms with Crippen molar-refractivity contribution in [1.82, 2.24) is 19.7 Å². The summed E-state index contributed by atoms with van der Waals surface area (Å²) in [6.07, 6.45) is 1.65. The molecule has 0 saturated heterocycles. The maximum atomic E-state index is 6.17. The third-order valence-corrected chi connectivity index (χ3v) is 3.31. The summed E-state index contributed by atoms with van der Waals surface area (Å²) >= 11 is 6.17. The smallest absolute Gasteiger partial charge is 0.168 e. The van der Waals surface area contributed by atoms with Gasteiger partial charge in [-0.2, -0.15) is 5.10 Å².